The van der Waals surface area contributed by atoms with Crippen molar-refractivity contribution in [3.05, 3.63) is 94.3 Å². The van der Waals surface area contributed by atoms with Gasteiger partial charge in [-0.3, -0.25) is 19.3 Å². The minimum atomic E-state index is -0.707. The molecule has 8 nitrogen and oxygen atoms in total. The van der Waals surface area contributed by atoms with Crippen molar-refractivity contribution < 1.29 is 28.3 Å². The second-order valence-corrected chi connectivity index (χ2v) is 10.8. The van der Waals surface area contributed by atoms with Crippen LogP contribution in [0.4, 0.5) is 4.39 Å². The molecule has 210 valence electrons. The molecule has 1 fully saturated rings. The first kappa shape index (κ1) is 26.9. The first-order valence-electron chi connectivity index (χ1n) is 13.5. The van der Waals surface area contributed by atoms with Gasteiger partial charge >= 0.3 is 5.97 Å². The Morgan fingerprint density at radius 2 is 1.66 bits per heavy atom. The molecule has 1 aromatic heterocycles. The maximum atomic E-state index is 14.8. The van der Waals surface area contributed by atoms with Crippen molar-refractivity contribution in [1.82, 2.24) is 14.5 Å². The molecule has 0 aliphatic carbocycles. The minimum Gasteiger partial charge on any atom is -0.465 e. The van der Waals surface area contributed by atoms with Gasteiger partial charge in [0.15, 0.2) is 0 Å². The van der Waals surface area contributed by atoms with Crippen molar-refractivity contribution >= 4 is 28.7 Å². The highest BCUT2D eigenvalue weighted by molar-refractivity contribution is 6.20. The lowest BCUT2D eigenvalue weighted by Gasteiger charge is -2.33. The highest BCUT2D eigenvalue weighted by Crippen LogP contribution is 2.40. The molecule has 0 bridgehead atoms. The van der Waals surface area contributed by atoms with E-state index in [0.29, 0.717) is 22.2 Å². The fourth-order valence-corrected chi connectivity index (χ4v) is 6.26. The fourth-order valence-electron chi connectivity index (χ4n) is 6.26. The monoisotopic (exact) mass is 555 g/mol. The summed E-state index contributed by atoms with van der Waals surface area (Å²) in [7, 11) is 5.14. The number of carbonyl (C=O) groups excluding carboxylic acids is 3. The summed E-state index contributed by atoms with van der Waals surface area (Å²) in [5.41, 5.74) is 4.12. The van der Waals surface area contributed by atoms with Gasteiger partial charge in [0.05, 0.1) is 35.0 Å². The molecule has 2 aliphatic heterocycles. The number of imide groups is 1. The maximum Gasteiger partial charge on any atom is 0.338 e. The summed E-state index contributed by atoms with van der Waals surface area (Å²) in [5, 5.41) is 1.17. The second kappa shape index (κ2) is 9.94. The number of hydroxylamine groups is 2. The van der Waals surface area contributed by atoms with Gasteiger partial charge in [-0.1, -0.05) is 36.4 Å². The Bertz CT molecular complexity index is 1690. The number of rotatable bonds is 6. The molecule has 4 aromatic rings. The van der Waals surface area contributed by atoms with E-state index in [1.807, 2.05) is 12.1 Å². The number of halogens is 1. The van der Waals surface area contributed by atoms with E-state index < -0.39 is 23.6 Å². The van der Waals surface area contributed by atoms with Crippen molar-refractivity contribution in [3.8, 4) is 11.3 Å². The van der Waals surface area contributed by atoms with E-state index in [1.165, 1.54) is 18.7 Å². The van der Waals surface area contributed by atoms with E-state index in [-0.39, 0.29) is 28.8 Å². The van der Waals surface area contributed by atoms with E-state index in [4.69, 9.17) is 9.57 Å². The average Bonchev–Trinajstić information content (AvgIpc) is 3.55. The predicted octanol–water partition coefficient (Wildman–Crippen LogP) is 5.44. The van der Waals surface area contributed by atoms with Gasteiger partial charge in [-0.05, 0) is 68.8 Å². The SMILES string of the molecule is COC(=O)c1cc(F)cc2c1c(CON1C(=O)c3ccccc3C1=O)c(-c1ccc(C3(C)CCCN3C)cc1)n2C. The quantitative estimate of drug-likeness (QED) is 0.233. The first-order chi connectivity index (χ1) is 19.7. The standard InChI is InChI=1S/C32H30FN3O5/c1-32(14-7-15-34(32)2)20-12-10-19(11-13-20)28-25(18-41-36-29(37)22-8-5-6-9-23(22)30(36)38)27-24(31(39)40-4)16-21(33)17-26(27)35(28)3/h5-6,8-13,16-17H,7,14-15,18H2,1-4H3. The van der Waals surface area contributed by atoms with Crippen molar-refractivity contribution in [3.63, 3.8) is 0 Å². The summed E-state index contributed by atoms with van der Waals surface area (Å²) in [6.07, 6.45) is 2.18. The van der Waals surface area contributed by atoms with Crippen LogP contribution in [0.3, 0.4) is 0 Å². The molecule has 2 aliphatic rings. The smallest absolute Gasteiger partial charge is 0.338 e. The molecule has 9 heteroatoms. The molecule has 1 atom stereocenters. The summed E-state index contributed by atoms with van der Waals surface area (Å²) in [4.78, 5) is 47.0. The number of esters is 1. The lowest BCUT2D eigenvalue weighted by molar-refractivity contribution is -0.100. The number of ether oxygens (including phenoxy) is 1. The Labute approximate surface area is 236 Å². The summed E-state index contributed by atoms with van der Waals surface area (Å²) >= 11 is 0. The molecule has 3 aromatic carbocycles. The van der Waals surface area contributed by atoms with Gasteiger partial charge in [-0.25, -0.2) is 9.18 Å². The normalized spacial score (nSPS) is 18.9. The van der Waals surface area contributed by atoms with Crippen molar-refractivity contribution in [2.45, 2.75) is 31.9 Å². The summed E-state index contributed by atoms with van der Waals surface area (Å²) in [6, 6.07) is 17.2. The Morgan fingerprint density at radius 3 is 2.24 bits per heavy atom. The number of fused-ring (bicyclic) bond motifs is 2. The van der Waals surface area contributed by atoms with Crippen LogP contribution in [0.25, 0.3) is 22.2 Å². The molecule has 0 radical (unpaired) electrons. The average molecular weight is 556 g/mol. The Balaban J connectivity index is 1.47. The zero-order valence-corrected chi connectivity index (χ0v) is 23.4. The molecule has 2 amide bonds. The van der Waals surface area contributed by atoms with Crippen LogP contribution in [0.2, 0.25) is 0 Å². The third-order valence-electron chi connectivity index (χ3n) is 8.65. The molecule has 0 spiro atoms. The number of methoxy groups -OCH3 is 1. The van der Waals surface area contributed by atoms with E-state index in [0.717, 1.165) is 36.1 Å². The predicted molar refractivity (Wildman–Crippen MR) is 151 cm³/mol. The van der Waals surface area contributed by atoms with Gasteiger partial charge in [-0.15, -0.1) is 5.06 Å². The Kier molecular flexibility index (Phi) is 6.51. The van der Waals surface area contributed by atoms with Crippen LogP contribution < -0.4 is 0 Å². The maximum absolute atomic E-state index is 14.8. The lowest BCUT2D eigenvalue weighted by atomic mass is 9.88. The largest absolute Gasteiger partial charge is 0.465 e. The highest BCUT2D eigenvalue weighted by atomic mass is 19.1. The summed E-state index contributed by atoms with van der Waals surface area (Å²) < 4.78 is 21.5. The van der Waals surface area contributed by atoms with Gasteiger partial charge in [0.2, 0.25) is 0 Å². The van der Waals surface area contributed by atoms with E-state index in [9.17, 15) is 18.8 Å². The Morgan fingerprint density at radius 1 is 1.00 bits per heavy atom. The van der Waals surface area contributed by atoms with Crippen molar-refractivity contribution in [1.29, 1.82) is 0 Å². The van der Waals surface area contributed by atoms with Crippen molar-refractivity contribution in [2.75, 3.05) is 20.7 Å². The number of aromatic nitrogens is 1. The number of benzene rings is 3. The zero-order valence-electron chi connectivity index (χ0n) is 23.4. The van der Waals surface area contributed by atoms with Crippen LogP contribution in [-0.2, 0) is 28.8 Å². The number of hydrogen-bond donors (Lipinski definition) is 0. The molecular formula is C32H30FN3O5. The molecule has 0 saturated carbocycles. The van der Waals surface area contributed by atoms with E-state index in [2.05, 4.69) is 31.0 Å². The van der Waals surface area contributed by atoms with Crippen LogP contribution in [0.5, 0.6) is 0 Å². The first-order valence-corrected chi connectivity index (χ1v) is 13.5. The van der Waals surface area contributed by atoms with Gasteiger partial charge in [0.1, 0.15) is 12.4 Å². The Hall–Kier alpha value is -4.34. The second-order valence-electron chi connectivity index (χ2n) is 10.8. The molecule has 3 heterocycles. The number of aryl methyl sites for hydroxylation is 1. The van der Waals surface area contributed by atoms with Gasteiger partial charge in [0, 0.05) is 23.5 Å². The minimum absolute atomic E-state index is 0.0297. The van der Waals surface area contributed by atoms with Crippen molar-refractivity contribution in [2.24, 2.45) is 7.05 Å². The molecule has 41 heavy (non-hydrogen) atoms. The van der Waals surface area contributed by atoms with E-state index >= 15 is 0 Å². The molecule has 0 N–H and O–H groups in total. The van der Waals surface area contributed by atoms with Gasteiger partial charge in [0.25, 0.3) is 11.8 Å². The third kappa shape index (κ3) is 4.15. The van der Waals surface area contributed by atoms with Gasteiger partial charge < -0.3 is 9.30 Å². The number of amides is 2. The number of likely N-dealkylation sites (tertiary alicyclic amines) is 1. The van der Waals surface area contributed by atoms with Crippen LogP contribution in [-0.4, -0.2) is 53.0 Å². The lowest BCUT2D eigenvalue weighted by Crippen LogP contribution is -2.35. The number of nitrogens with zero attached hydrogens (tertiary/aromatic N) is 3. The van der Waals surface area contributed by atoms with Crippen LogP contribution in [0.15, 0.2) is 60.7 Å². The fraction of sp³-hybridized carbons (Fsp3) is 0.281. The number of carbonyl (C=O) groups is 3. The van der Waals surface area contributed by atoms with Crippen LogP contribution >= 0.6 is 0 Å². The highest BCUT2D eigenvalue weighted by Gasteiger charge is 2.38. The third-order valence-corrected chi connectivity index (χ3v) is 8.65. The molecular weight excluding hydrogens is 525 g/mol. The van der Waals surface area contributed by atoms with Crippen LogP contribution in [0.1, 0.15) is 62.0 Å². The summed E-state index contributed by atoms with van der Waals surface area (Å²) in [5.74, 6) is -2.43. The summed E-state index contributed by atoms with van der Waals surface area (Å²) in [6.45, 7) is 3.04. The van der Waals surface area contributed by atoms with Crippen LogP contribution in [0, 0.1) is 5.82 Å². The molecule has 1 unspecified atom stereocenters. The molecule has 1 saturated heterocycles. The van der Waals surface area contributed by atoms with Gasteiger partial charge in [-0.2, -0.15) is 0 Å². The zero-order chi connectivity index (χ0) is 29.1. The number of hydrogen-bond acceptors (Lipinski definition) is 6. The topological polar surface area (TPSA) is 81.1 Å². The van der Waals surface area contributed by atoms with E-state index in [1.54, 1.807) is 35.9 Å². The molecule has 6 rings (SSSR count).